The van der Waals surface area contributed by atoms with Crippen molar-refractivity contribution in [2.75, 3.05) is 13.2 Å². The Hall–Kier alpha value is -1.08. The van der Waals surface area contributed by atoms with E-state index < -0.39 is 0 Å². The molecule has 3 nitrogen and oxygen atoms in total. The Morgan fingerprint density at radius 1 is 1.53 bits per heavy atom. The second kappa shape index (κ2) is 6.91. The molecule has 1 aliphatic rings. The standard InChI is InChI=1S/C15H19ClN2O/c1-2-15-13(5-6-19-15)10-18-9-12-4-3-11(8-17)7-14(12)16/h3-4,7,13,15,18H,2,5-6,9-10H2,1H3. The van der Waals surface area contributed by atoms with Crippen molar-refractivity contribution in [3.8, 4) is 6.07 Å². The van der Waals surface area contributed by atoms with Gasteiger partial charge >= 0.3 is 0 Å². The first kappa shape index (κ1) is 14.3. The molecule has 1 saturated heterocycles. The molecule has 1 fully saturated rings. The molecule has 2 unspecified atom stereocenters. The van der Waals surface area contributed by atoms with Crippen LogP contribution in [0.3, 0.4) is 0 Å². The van der Waals surface area contributed by atoms with E-state index in [2.05, 4.69) is 18.3 Å². The average Bonchev–Trinajstić information content (AvgIpc) is 2.88. The molecule has 2 rings (SSSR count). The van der Waals surface area contributed by atoms with E-state index in [4.69, 9.17) is 21.6 Å². The highest BCUT2D eigenvalue weighted by Gasteiger charge is 2.25. The molecule has 0 amide bonds. The van der Waals surface area contributed by atoms with E-state index in [1.54, 1.807) is 12.1 Å². The lowest BCUT2D eigenvalue weighted by Gasteiger charge is -2.17. The van der Waals surface area contributed by atoms with Crippen molar-refractivity contribution in [1.82, 2.24) is 5.32 Å². The number of nitrogens with zero attached hydrogens (tertiary/aromatic N) is 1. The normalized spacial score (nSPS) is 22.4. The Balaban J connectivity index is 1.84. The largest absolute Gasteiger partial charge is 0.378 e. The summed E-state index contributed by atoms with van der Waals surface area (Å²) >= 11 is 6.14. The predicted octanol–water partition coefficient (Wildman–Crippen LogP) is 3.12. The van der Waals surface area contributed by atoms with Crippen LogP contribution in [0.25, 0.3) is 0 Å². The smallest absolute Gasteiger partial charge is 0.0992 e. The Bertz CT molecular complexity index is 470. The number of nitriles is 1. The SMILES string of the molecule is CCC1OCCC1CNCc1ccc(C#N)cc1Cl. The van der Waals surface area contributed by atoms with Gasteiger partial charge < -0.3 is 10.1 Å². The number of hydrogen-bond donors (Lipinski definition) is 1. The van der Waals surface area contributed by atoms with Gasteiger partial charge in [-0.15, -0.1) is 0 Å². The quantitative estimate of drug-likeness (QED) is 0.900. The lowest BCUT2D eigenvalue weighted by Crippen LogP contribution is -2.28. The number of benzene rings is 1. The topological polar surface area (TPSA) is 45.0 Å². The molecule has 1 heterocycles. The number of rotatable bonds is 5. The zero-order chi connectivity index (χ0) is 13.7. The Labute approximate surface area is 119 Å². The zero-order valence-corrected chi connectivity index (χ0v) is 11.9. The van der Waals surface area contributed by atoms with Crippen molar-refractivity contribution in [3.05, 3.63) is 34.3 Å². The number of halogens is 1. The third-order valence-corrected chi connectivity index (χ3v) is 4.00. The number of ether oxygens (including phenoxy) is 1. The van der Waals surface area contributed by atoms with Crippen LogP contribution in [0.5, 0.6) is 0 Å². The highest BCUT2D eigenvalue weighted by Crippen LogP contribution is 2.23. The van der Waals surface area contributed by atoms with E-state index >= 15 is 0 Å². The highest BCUT2D eigenvalue weighted by atomic mass is 35.5. The van der Waals surface area contributed by atoms with Gasteiger partial charge in [-0.2, -0.15) is 5.26 Å². The van der Waals surface area contributed by atoms with Crippen molar-refractivity contribution < 1.29 is 4.74 Å². The molecule has 102 valence electrons. The summed E-state index contributed by atoms with van der Waals surface area (Å²) in [7, 11) is 0. The third-order valence-electron chi connectivity index (χ3n) is 3.65. The van der Waals surface area contributed by atoms with Gasteiger partial charge in [0, 0.05) is 24.7 Å². The first-order valence-corrected chi connectivity index (χ1v) is 7.13. The Kier molecular flexibility index (Phi) is 5.21. The minimum atomic E-state index is 0.393. The summed E-state index contributed by atoms with van der Waals surface area (Å²) in [5.41, 5.74) is 1.64. The van der Waals surface area contributed by atoms with E-state index in [1.165, 1.54) is 0 Å². The lowest BCUT2D eigenvalue weighted by molar-refractivity contribution is 0.0872. The highest BCUT2D eigenvalue weighted by molar-refractivity contribution is 6.31. The number of nitrogens with one attached hydrogen (secondary N) is 1. The number of hydrogen-bond acceptors (Lipinski definition) is 3. The maximum atomic E-state index is 8.79. The second-order valence-corrected chi connectivity index (χ2v) is 5.32. The van der Waals surface area contributed by atoms with Crippen LogP contribution < -0.4 is 5.32 Å². The van der Waals surface area contributed by atoms with Gasteiger partial charge in [0.05, 0.1) is 17.7 Å². The second-order valence-electron chi connectivity index (χ2n) is 4.92. The molecule has 0 aromatic heterocycles. The van der Waals surface area contributed by atoms with Gasteiger partial charge in [-0.25, -0.2) is 0 Å². The molecule has 4 heteroatoms. The summed E-state index contributed by atoms with van der Waals surface area (Å²) in [6.45, 7) is 4.73. The van der Waals surface area contributed by atoms with Crippen molar-refractivity contribution in [1.29, 1.82) is 5.26 Å². The summed E-state index contributed by atoms with van der Waals surface area (Å²) < 4.78 is 5.67. The maximum Gasteiger partial charge on any atom is 0.0992 e. The molecular formula is C15H19ClN2O. The van der Waals surface area contributed by atoms with E-state index in [1.807, 2.05) is 6.07 Å². The van der Waals surface area contributed by atoms with Crippen molar-refractivity contribution in [2.24, 2.45) is 5.92 Å². The van der Waals surface area contributed by atoms with Gasteiger partial charge in [0.1, 0.15) is 0 Å². The maximum absolute atomic E-state index is 8.79. The molecule has 2 atom stereocenters. The van der Waals surface area contributed by atoms with E-state index in [9.17, 15) is 0 Å². The summed E-state index contributed by atoms with van der Waals surface area (Å²) in [4.78, 5) is 0. The molecule has 0 saturated carbocycles. The van der Waals surface area contributed by atoms with Crippen LogP contribution in [0.1, 0.15) is 30.9 Å². The van der Waals surface area contributed by atoms with Crippen molar-refractivity contribution in [3.63, 3.8) is 0 Å². The van der Waals surface area contributed by atoms with Crippen LogP contribution in [-0.4, -0.2) is 19.3 Å². The fourth-order valence-electron chi connectivity index (χ4n) is 2.53. The molecule has 0 radical (unpaired) electrons. The Morgan fingerprint density at radius 2 is 2.37 bits per heavy atom. The van der Waals surface area contributed by atoms with E-state index in [0.717, 1.165) is 38.1 Å². The van der Waals surface area contributed by atoms with Crippen LogP contribution in [-0.2, 0) is 11.3 Å². The van der Waals surface area contributed by atoms with Gasteiger partial charge in [0.15, 0.2) is 0 Å². The summed E-state index contributed by atoms with van der Waals surface area (Å²) in [5.74, 6) is 0.599. The first-order valence-electron chi connectivity index (χ1n) is 6.75. The summed E-state index contributed by atoms with van der Waals surface area (Å²) in [6.07, 6.45) is 2.60. The van der Waals surface area contributed by atoms with Crippen LogP contribution in [0.4, 0.5) is 0 Å². The predicted molar refractivity (Wildman–Crippen MR) is 76.0 cm³/mol. The van der Waals surface area contributed by atoms with E-state index in [-0.39, 0.29) is 0 Å². The first-order chi connectivity index (χ1) is 9.24. The molecule has 1 aliphatic heterocycles. The van der Waals surface area contributed by atoms with Crippen LogP contribution in [0.15, 0.2) is 18.2 Å². The minimum absolute atomic E-state index is 0.393. The fraction of sp³-hybridized carbons (Fsp3) is 0.533. The molecule has 1 aromatic rings. The molecule has 19 heavy (non-hydrogen) atoms. The van der Waals surface area contributed by atoms with Crippen molar-refractivity contribution in [2.45, 2.75) is 32.4 Å². The molecule has 1 N–H and O–H groups in total. The van der Waals surface area contributed by atoms with Gasteiger partial charge in [0.25, 0.3) is 0 Å². The summed E-state index contributed by atoms with van der Waals surface area (Å²) in [6, 6.07) is 7.52. The van der Waals surface area contributed by atoms with E-state index in [0.29, 0.717) is 22.6 Å². The van der Waals surface area contributed by atoms with Gasteiger partial charge in [-0.3, -0.25) is 0 Å². The Morgan fingerprint density at radius 3 is 3.05 bits per heavy atom. The molecule has 0 aliphatic carbocycles. The fourth-order valence-corrected chi connectivity index (χ4v) is 2.78. The van der Waals surface area contributed by atoms with Gasteiger partial charge in [0.2, 0.25) is 0 Å². The van der Waals surface area contributed by atoms with Gasteiger partial charge in [-0.1, -0.05) is 24.6 Å². The summed E-state index contributed by atoms with van der Waals surface area (Å²) in [5, 5.41) is 12.9. The minimum Gasteiger partial charge on any atom is -0.378 e. The average molecular weight is 279 g/mol. The monoisotopic (exact) mass is 278 g/mol. The molecule has 0 spiro atoms. The molecule has 0 bridgehead atoms. The van der Waals surface area contributed by atoms with Crippen LogP contribution >= 0.6 is 11.6 Å². The third kappa shape index (κ3) is 3.70. The van der Waals surface area contributed by atoms with Crippen molar-refractivity contribution >= 4 is 11.6 Å². The van der Waals surface area contributed by atoms with Crippen LogP contribution in [0, 0.1) is 17.2 Å². The van der Waals surface area contributed by atoms with Crippen LogP contribution in [0.2, 0.25) is 5.02 Å². The van der Waals surface area contributed by atoms with Gasteiger partial charge in [-0.05, 0) is 36.5 Å². The lowest BCUT2D eigenvalue weighted by atomic mass is 9.99. The zero-order valence-electron chi connectivity index (χ0n) is 11.2. The molecular weight excluding hydrogens is 260 g/mol. The molecule has 1 aromatic carbocycles.